The SMILES string of the molecule is CCOC(=O)C1CCCN(C(=NC)NCC(=O)NCc2ccco2)C1.I. The number of ether oxygens (including phenoxy) is 1. The maximum atomic E-state index is 11.9. The van der Waals surface area contributed by atoms with Gasteiger partial charge in [0.25, 0.3) is 0 Å². The van der Waals surface area contributed by atoms with Gasteiger partial charge in [0.05, 0.1) is 31.9 Å². The van der Waals surface area contributed by atoms with E-state index in [1.807, 2.05) is 4.90 Å². The first kappa shape index (κ1) is 22.3. The van der Waals surface area contributed by atoms with Crippen LogP contribution in [0, 0.1) is 5.92 Å². The molecule has 8 nitrogen and oxygen atoms in total. The zero-order chi connectivity index (χ0) is 18.1. The average Bonchev–Trinajstić information content (AvgIpc) is 3.14. The van der Waals surface area contributed by atoms with Gasteiger partial charge in [0.2, 0.25) is 5.91 Å². The number of halogens is 1. The van der Waals surface area contributed by atoms with Gasteiger partial charge in [-0.2, -0.15) is 0 Å². The molecule has 0 radical (unpaired) electrons. The van der Waals surface area contributed by atoms with Crippen molar-refractivity contribution in [3.63, 3.8) is 0 Å². The molecule has 146 valence electrons. The van der Waals surface area contributed by atoms with E-state index in [0.29, 0.717) is 31.4 Å². The maximum Gasteiger partial charge on any atom is 0.310 e. The van der Waals surface area contributed by atoms with Gasteiger partial charge in [0, 0.05) is 20.1 Å². The second-order valence-corrected chi connectivity index (χ2v) is 5.79. The number of aliphatic imine (C=N–C) groups is 1. The molecule has 2 heterocycles. The molecule has 1 aliphatic rings. The summed E-state index contributed by atoms with van der Waals surface area (Å²) in [5.41, 5.74) is 0. The van der Waals surface area contributed by atoms with E-state index >= 15 is 0 Å². The molecule has 0 spiro atoms. The zero-order valence-corrected chi connectivity index (χ0v) is 17.5. The molecular formula is C17H27IN4O4. The lowest BCUT2D eigenvalue weighted by molar-refractivity contribution is -0.149. The van der Waals surface area contributed by atoms with Gasteiger partial charge < -0.3 is 24.7 Å². The fraction of sp³-hybridized carbons (Fsp3) is 0.588. The van der Waals surface area contributed by atoms with E-state index in [0.717, 1.165) is 19.4 Å². The lowest BCUT2D eigenvalue weighted by Crippen LogP contribution is -2.50. The zero-order valence-electron chi connectivity index (χ0n) is 15.2. The summed E-state index contributed by atoms with van der Waals surface area (Å²) < 4.78 is 10.3. The molecule has 0 aromatic carbocycles. The van der Waals surface area contributed by atoms with Crippen molar-refractivity contribution in [3.8, 4) is 0 Å². The standard InChI is InChI=1S/C17H26N4O4.HI/c1-3-24-16(23)13-6-4-8-21(12-13)17(18-2)20-11-15(22)19-10-14-7-5-9-25-14;/h5,7,9,13H,3-4,6,8,10-12H2,1-2H3,(H,18,20)(H,19,22);1H. The molecule has 26 heavy (non-hydrogen) atoms. The topological polar surface area (TPSA) is 96.2 Å². The fourth-order valence-electron chi connectivity index (χ4n) is 2.77. The quantitative estimate of drug-likeness (QED) is 0.278. The molecule has 1 amide bonds. The van der Waals surface area contributed by atoms with Gasteiger partial charge in [-0.05, 0) is 31.9 Å². The predicted molar refractivity (Wildman–Crippen MR) is 108 cm³/mol. The number of hydrogen-bond donors (Lipinski definition) is 2. The second kappa shape index (κ2) is 11.8. The van der Waals surface area contributed by atoms with E-state index in [4.69, 9.17) is 9.15 Å². The number of amides is 1. The van der Waals surface area contributed by atoms with Crippen molar-refractivity contribution in [2.45, 2.75) is 26.3 Å². The van der Waals surface area contributed by atoms with Crippen LogP contribution < -0.4 is 10.6 Å². The largest absolute Gasteiger partial charge is 0.467 e. The molecule has 1 unspecified atom stereocenters. The lowest BCUT2D eigenvalue weighted by Gasteiger charge is -2.33. The summed E-state index contributed by atoms with van der Waals surface area (Å²) in [4.78, 5) is 30.1. The van der Waals surface area contributed by atoms with Crippen LogP contribution in [-0.2, 0) is 20.9 Å². The Balaban J connectivity index is 0.00000338. The monoisotopic (exact) mass is 478 g/mol. The Morgan fingerprint density at radius 1 is 1.42 bits per heavy atom. The first-order valence-corrected chi connectivity index (χ1v) is 8.55. The molecule has 9 heteroatoms. The summed E-state index contributed by atoms with van der Waals surface area (Å²) in [6.45, 7) is 3.99. The van der Waals surface area contributed by atoms with E-state index in [1.165, 1.54) is 0 Å². The van der Waals surface area contributed by atoms with Crippen molar-refractivity contribution in [2.24, 2.45) is 10.9 Å². The van der Waals surface area contributed by atoms with Crippen LogP contribution in [0.25, 0.3) is 0 Å². The van der Waals surface area contributed by atoms with Crippen molar-refractivity contribution >= 4 is 41.8 Å². The third kappa shape index (κ3) is 6.85. The number of piperidine rings is 1. The fourth-order valence-corrected chi connectivity index (χ4v) is 2.77. The predicted octanol–water partition coefficient (Wildman–Crippen LogP) is 1.36. The Kier molecular flexibility index (Phi) is 10.1. The van der Waals surface area contributed by atoms with Gasteiger partial charge in [0.15, 0.2) is 5.96 Å². The number of guanidine groups is 1. The molecular weight excluding hydrogens is 451 g/mol. The molecule has 1 aromatic rings. The summed E-state index contributed by atoms with van der Waals surface area (Å²) >= 11 is 0. The van der Waals surface area contributed by atoms with E-state index in [2.05, 4.69) is 15.6 Å². The van der Waals surface area contributed by atoms with E-state index in [9.17, 15) is 9.59 Å². The Morgan fingerprint density at radius 2 is 2.23 bits per heavy atom. The number of nitrogens with zero attached hydrogens (tertiary/aromatic N) is 2. The van der Waals surface area contributed by atoms with Gasteiger partial charge in [-0.1, -0.05) is 0 Å². The summed E-state index contributed by atoms with van der Waals surface area (Å²) in [5.74, 6) is 0.837. The third-order valence-corrected chi connectivity index (χ3v) is 4.00. The van der Waals surface area contributed by atoms with Crippen LogP contribution in [0.4, 0.5) is 0 Å². The van der Waals surface area contributed by atoms with Crippen LogP contribution in [0.1, 0.15) is 25.5 Å². The number of carbonyl (C=O) groups excluding carboxylic acids is 2. The van der Waals surface area contributed by atoms with Crippen molar-refractivity contribution in [3.05, 3.63) is 24.2 Å². The molecule has 0 saturated carbocycles. The molecule has 1 fully saturated rings. The Bertz CT molecular complexity index is 592. The van der Waals surface area contributed by atoms with E-state index in [-0.39, 0.29) is 48.3 Å². The minimum Gasteiger partial charge on any atom is -0.467 e. The number of carbonyl (C=O) groups is 2. The lowest BCUT2D eigenvalue weighted by atomic mass is 9.98. The number of likely N-dealkylation sites (tertiary alicyclic amines) is 1. The molecule has 2 N–H and O–H groups in total. The smallest absolute Gasteiger partial charge is 0.310 e. The number of rotatable bonds is 6. The number of hydrogen-bond acceptors (Lipinski definition) is 5. The van der Waals surface area contributed by atoms with Crippen molar-refractivity contribution in [1.82, 2.24) is 15.5 Å². The van der Waals surface area contributed by atoms with Crippen LogP contribution in [0.3, 0.4) is 0 Å². The minimum absolute atomic E-state index is 0. The number of esters is 1. The van der Waals surface area contributed by atoms with Crippen LogP contribution in [0.2, 0.25) is 0 Å². The highest BCUT2D eigenvalue weighted by molar-refractivity contribution is 14.0. The van der Waals surface area contributed by atoms with Gasteiger partial charge in [-0.15, -0.1) is 24.0 Å². The molecule has 1 atom stereocenters. The molecule has 2 rings (SSSR count). The molecule has 0 bridgehead atoms. The summed E-state index contributed by atoms with van der Waals surface area (Å²) in [7, 11) is 1.66. The highest BCUT2D eigenvalue weighted by atomic mass is 127. The average molecular weight is 478 g/mol. The van der Waals surface area contributed by atoms with Crippen LogP contribution >= 0.6 is 24.0 Å². The van der Waals surface area contributed by atoms with Crippen LogP contribution in [0.15, 0.2) is 27.8 Å². The summed E-state index contributed by atoms with van der Waals surface area (Å²) in [5, 5.41) is 5.81. The van der Waals surface area contributed by atoms with E-state index < -0.39 is 0 Å². The van der Waals surface area contributed by atoms with E-state index in [1.54, 1.807) is 32.4 Å². The molecule has 1 aromatic heterocycles. The number of furan rings is 1. The van der Waals surface area contributed by atoms with Gasteiger partial charge in [0.1, 0.15) is 5.76 Å². The normalized spacial score (nSPS) is 17.2. The summed E-state index contributed by atoms with van der Waals surface area (Å²) in [6, 6.07) is 3.58. The highest BCUT2D eigenvalue weighted by Crippen LogP contribution is 2.18. The first-order chi connectivity index (χ1) is 12.1. The first-order valence-electron chi connectivity index (χ1n) is 8.55. The Hall–Kier alpha value is -1.78. The van der Waals surface area contributed by atoms with Gasteiger partial charge in [-0.3, -0.25) is 14.6 Å². The van der Waals surface area contributed by atoms with Crippen molar-refractivity contribution in [2.75, 3.05) is 33.3 Å². The van der Waals surface area contributed by atoms with Gasteiger partial charge >= 0.3 is 5.97 Å². The molecule has 1 saturated heterocycles. The van der Waals surface area contributed by atoms with Crippen molar-refractivity contribution in [1.29, 1.82) is 0 Å². The number of nitrogens with one attached hydrogen (secondary N) is 2. The van der Waals surface area contributed by atoms with Crippen molar-refractivity contribution < 1.29 is 18.7 Å². The van der Waals surface area contributed by atoms with Crippen LogP contribution in [0.5, 0.6) is 0 Å². The third-order valence-electron chi connectivity index (χ3n) is 4.00. The van der Waals surface area contributed by atoms with Crippen LogP contribution in [-0.4, -0.2) is 56.0 Å². The maximum absolute atomic E-state index is 11.9. The minimum atomic E-state index is -0.168. The summed E-state index contributed by atoms with van der Waals surface area (Å²) in [6.07, 6.45) is 3.27. The molecule has 0 aliphatic carbocycles. The highest BCUT2D eigenvalue weighted by Gasteiger charge is 2.28. The molecule has 1 aliphatic heterocycles. The Labute approximate surface area is 170 Å². The Morgan fingerprint density at radius 3 is 2.88 bits per heavy atom. The van der Waals surface area contributed by atoms with Gasteiger partial charge in [-0.25, -0.2) is 0 Å². The second-order valence-electron chi connectivity index (χ2n) is 5.79.